The standard InChI is InChI=1S/C8H7N2/c1-10-6-7-4-2-3-5-8(7)9-10/h2,4-6H,1H3. The maximum Gasteiger partial charge on any atom is 0.0929 e. The maximum atomic E-state index is 4.20. The number of nitrogens with zero attached hydrogens (tertiary/aromatic N) is 2. The van der Waals surface area contributed by atoms with Crippen LogP contribution in [0.25, 0.3) is 10.9 Å². The Bertz CT molecular complexity index is 316. The van der Waals surface area contributed by atoms with E-state index in [-0.39, 0.29) is 0 Å². The second kappa shape index (κ2) is 1.84. The molecule has 1 radical (unpaired) electrons. The molecule has 1 aromatic carbocycles. The molecule has 0 N–H and O–H groups in total. The zero-order chi connectivity index (χ0) is 6.97. The number of fused-ring (bicyclic) bond motifs is 1. The summed E-state index contributed by atoms with van der Waals surface area (Å²) in [5, 5.41) is 5.37. The fraction of sp³-hybridized carbons (Fsp3) is 0.125. The van der Waals surface area contributed by atoms with E-state index in [1.807, 2.05) is 31.4 Å². The number of rotatable bonds is 0. The van der Waals surface area contributed by atoms with Crippen LogP contribution in [0, 0.1) is 6.07 Å². The number of hydrogen-bond donors (Lipinski definition) is 0. The summed E-state index contributed by atoms with van der Waals surface area (Å²) in [6.45, 7) is 0. The smallest absolute Gasteiger partial charge is 0.0929 e. The monoisotopic (exact) mass is 131 g/mol. The van der Waals surface area contributed by atoms with Crippen LogP contribution in [-0.4, -0.2) is 9.78 Å². The van der Waals surface area contributed by atoms with Gasteiger partial charge in [-0.1, -0.05) is 12.1 Å². The van der Waals surface area contributed by atoms with Crippen LogP contribution in [-0.2, 0) is 7.05 Å². The first-order chi connectivity index (χ1) is 4.86. The molecule has 49 valence electrons. The Morgan fingerprint density at radius 3 is 3.30 bits per heavy atom. The molecule has 0 aliphatic rings. The molecule has 0 aliphatic heterocycles. The number of aryl methyl sites for hydroxylation is 1. The van der Waals surface area contributed by atoms with Crippen LogP contribution in [0.3, 0.4) is 0 Å². The van der Waals surface area contributed by atoms with Crippen molar-refractivity contribution in [2.24, 2.45) is 7.05 Å². The van der Waals surface area contributed by atoms with Gasteiger partial charge in [-0.25, -0.2) is 0 Å². The first kappa shape index (κ1) is 5.47. The molecule has 0 bridgehead atoms. The summed E-state index contributed by atoms with van der Waals surface area (Å²) >= 11 is 0. The van der Waals surface area contributed by atoms with E-state index in [4.69, 9.17) is 0 Å². The summed E-state index contributed by atoms with van der Waals surface area (Å²) < 4.78 is 1.80. The highest BCUT2D eigenvalue weighted by atomic mass is 15.2. The lowest BCUT2D eigenvalue weighted by atomic mass is 10.3. The van der Waals surface area contributed by atoms with Gasteiger partial charge in [0.15, 0.2) is 0 Å². The molecule has 0 aliphatic carbocycles. The fourth-order valence-electron chi connectivity index (χ4n) is 1.03. The average Bonchev–Trinajstić information content (AvgIpc) is 2.27. The van der Waals surface area contributed by atoms with Gasteiger partial charge in [-0.05, 0) is 12.1 Å². The SMILES string of the molecule is Cn1cc2cc[c]cc2n1. The van der Waals surface area contributed by atoms with E-state index in [0.717, 1.165) is 5.52 Å². The summed E-state index contributed by atoms with van der Waals surface area (Å²) in [5.41, 5.74) is 1.00. The third-order valence-electron chi connectivity index (χ3n) is 1.47. The van der Waals surface area contributed by atoms with Crippen molar-refractivity contribution >= 4 is 10.9 Å². The van der Waals surface area contributed by atoms with Crippen molar-refractivity contribution in [3.63, 3.8) is 0 Å². The third kappa shape index (κ3) is 0.692. The molecule has 0 spiro atoms. The lowest BCUT2D eigenvalue weighted by Gasteiger charge is -1.80. The van der Waals surface area contributed by atoms with Crippen molar-refractivity contribution in [3.05, 3.63) is 30.5 Å². The summed E-state index contributed by atoms with van der Waals surface area (Å²) in [7, 11) is 1.92. The van der Waals surface area contributed by atoms with E-state index in [9.17, 15) is 0 Å². The molecule has 0 saturated heterocycles. The van der Waals surface area contributed by atoms with Crippen molar-refractivity contribution in [2.45, 2.75) is 0 Å². The van der Waals surface area contributed by atoms with Crippen molar-refractivity contribution in [1.82, 2.24) is 9.78 Å². The van der Waals surface area contributed by atoms with Gasteiger partial charge in [-0.15, -0.1) is 0 Å². The van der Waals surface area contributed by atoms with Crippen LogP contribution in [0.5, 0.6) is 0 Å². The molecular weight excluding hydrogens is 124 g/mol. The number of hydrogen-bond acceptors (Lipinski definition) is 1. The summed E-state index contributed by atoms with van der Waals surface area (Å²) in [6, 6.07) is 8.75. The first-order valence-electron chi connectivity index (χ1n) is 3.16. The Hall–Kier alpha value is -1.31. The lowest BCUT2D eigenvalue weighted by molar-refractivity contribution is 0.780. The number of benzene rings is 1. The number of aromatic nitrogens is 2. The fourth-order valence-corrected chi connectivity index (χ4v) is 1.03. The van der Waals surface area contributed by atoms with E-state index in [0.29, 0.717) is 0 Å². The second-order valence-electron chi connectivity index (χ2n) is 2.29. The van der Waals surface area contributed by atoms with E-state index in [1.54, 1.807) is 4.68 Å². The third-order valence-corrected chi connectivity index (χ3v) is 1.47. The van der Waals surface area contributed by atoms with Gasteiger partial charge in [0.2, 0.25) is 0 Å². The van der Waals surface area contributed by atoms with Crippen LogP contribution in [0.15, 0.2) is 24.4 Å². The Morgan fingerprint density at radius 2 is 2.50 bits per heavy atom. The quantitative estimate of drug-likeness (QED) is 0.528. The first-order valence-corrected chi connectivity index (χ1v) is 3.16. The molecule has 0 fully saturated rings. The van der Waals surface area contributed by atoms with Gasteiger partial charge in [0, 0.05) is 18.6 Å². The van der Waals surface area contributed by atoms with Gasteiger partial charge >= 0.3 is 0 Å². The highest BCUT2D eigenvalue weighted by Crippen LogP contribution is 2.08. The molecule has 2 aromatic rings. The van der Waals surface area contributed by atoms with Crippen LogP contribution in [0.2, 0.25) is 0 Å². The molecule has 2 rings (SSSR count). The maximum absolute atomic E-state index is 4.20. The molecule has 1 aromatic heterocycles. The van der Waals surface area contributed by atoms with Crippen molar-refractivity contribution in [3.8, 4) is 0 Å². The zero-order valence-corrected chi connectivity index (χ0v) is 5.70. The average molecular weight is 131 g/mol. The Labute approximate surface area is 59.1 Å². The minimum atomic E-state index is 1.00. The second-order valence-corrected chi connectivity index (χ2v) is 2.29. The Balaban J connectivity index is 2.88. The van der Waals surface area contributed by atoms with Gasteiger partial charge in [-0.3, -0.25) is 4.68 Å². The molecule has 0 amide bonds. The molecular formula is C8H7N2. The molecule has 0 unspecified atom stereocenters. The van der Waals surface area contributed by atoms with Crippen molar-refractivity contribution in [1.29, 1.82) is 0 Å². The van der Waals surface area contributed by atoms with Crippen LogP contribution in [0.1, 0.15) is 0 Å². The zero-order valence-electron chi connectivity index (χ0n) is 5.70. The van der Waals surface area contributed by atoms with Crippen LogP contribution in [0.4, 0.5) is 0 Å². The van der Waals surface area contributed by atoms with Crippen LogP contribution >= 0.6 is 0 Å². The summed E-state index contributed by atoms with van der Waals surface area (Å²) in [4.78, 5) is 0. The van der Waals surface area contributed by atoms with E-state index in [2.05, 4.69) is 11.2 Å². The topological polar surface area (TPSA) is 17.8 Å². The molecule has 0 saturated carbocycles. The van der Waals surface area contributed by atoms with E-state index >= 15 is 0 Å². The van der Waals surface area contributed by atoms with E-state index in [1.165, 1.54) is 5.39 Å². The largest absolute Gasteiger partial charge is 0.275 e. The predicted octanol–water partition coefficient (Wildman–Crippen LogP) is 1.37. The Kier molecular flexibility index (Phi) is 1.01. The van der Waals surface area contributed by atoms with Gasteiger partial charge in [0.25, 0.3) is 0 Å². The van der Waals surface area contributed by atoms with E-state index < -0.39 is 0 Å². The predicted molar refractivity (Wildman–Crippen MR) is 39.6 cm³/mol. The normalized spacial score (nSPS) is 10.5. The van der Waals surface area contributed by atoms with Crippen molar-refractivity contribution < 1.29 is 0 Å². The minimum absolute atomic E-state index is 1.00. The van der Waals surface area contributed by atoms with Gasteiger partial charge in [0.05, 0.1) is 5.52 Å². The van der Waals surface area contributed by atoms with Crippen molar-refractivity contribution in [2.75, 3.05) is 0 Å². The highest BCUT2D eigenvalue weighted by Gasteiger charge is 1.93. The van der Waals surface area contributed by atoms with Crippen LogP contribution < -0.4 is 0 Å². The van der Waals surface area contributed by atoms with Gasteiger partial charge in [0.1, 0.15) is 0 Å². The molecule has 10 heavy (non-hydrogen) atoms. The summed E-state index contributed by atoms with van der Waals surface area (Å²) in [6.07, 6.45) is 1.99. The lowest BCUT2D eigenvalue weighted by Crippen LogP contribution is -1.84. The molecule has 2 nitrogen and oxygen atoms in total. The highest BCUT2D eigenvalue weighted by molar-refractivity contribution is 5.77. The van der Waals surface area contributed by atoms with Gasteiger partial charge in [-0.2, -0.15) is 5.10 Å². The van der Waals surface area contributed by atoms with Gasteiger partial charge < -0.3 is 0 Å². The summed E-state index contributed by atoms with van der Waals surface area (Å²) in [5.74, 6) is 0. The minimum Gasteiger partial charge on any atom is -0.275 e. The molecule has 0 atom stereocenters. The molecule has 1 heterocycles. The molecule has 2 heteroatoms. The Morgan fingerprint density at radius 1 is 1.60 bits per heavy atom.